The zero-order valence-corrected chi connectivity index (χ0v) is 18.5. The molecule has 1 aliphatic rings. The number of aromatic nitrogens is 1. The molecule has 7 nitrogen and oxygen atoms in total. The van der Waals surface area contributed by atoms with Gasteiger partial charge in [-0.2, -0.15) is 5.26 Å². The molecule has 0 unspecified atom stereocenters. The highest BCUT2D eigenvalue weighted by Gasteiger charge is 2.26. The Labute approximate surface area is 183 Å². The number of piperidine rings is 1. The number of methoxy groups -OCH3 is 1. The molecule has 164 valence electrons. The smallest absolute Gasteiger partial charge is 0.354 e. The average Bonchev–Trinajstić information content (AvgIpc) is 3.26. The predicted molar refractivity (Wildman–Crippen MR) is 119 cm³/mol. The fraction of sp³-hybridized carbons (Fsp3) is 0.458. The van der Waals surface area contributed by atoms with Gasteiger partial charge in [-0.25, -0.2) is 4.79 Å². The van der Waals surface area contributed by atoms with E-state index in [4.69, 9.17) is 10.00 Å². The molecule has 1 aromatic carbocycles. The van der Waals surface area contributed by atoms with Gasteiger partial charge in [0.15, 0.2) is 0 Å². The predicted octanol–water partition coefficient (Wildman–Crippen LogP) is 3.48. The van der Waals surface area contributed by atoms with Crippen molar-refractivity contribution in [2.24, 2.45) is 0 Å². The van der Waals surface area contributed by atoms with Crippen molar-refractivity contribution < 1.29 is 14.3 Å². The van der Waals surface area contributed by atoms with E-state index in [1.54, 1.807) is 11.0 Å². The third kappa shape index (κ3) is 5.33. The first-order valence-corrected chi connectivity index (χ1v) is 10.7. The van der Waals surface area contributed by atoms with Gasteiger partial charge in [-0.3, -0.25) is 9.69 Å². The van der Waals surface area contributed by atoms with E-state index < -0.39 is 0 Å². The van der Waals surface area contributed by atoms with Crippen molar-refractivity contribution in [3.8, 4) is 6.07 Å². The molecule has 0 aliphatic carbocycles. The molecule has 0 saturated carbocycles. The van der Waals surface area contributed by atoms with Crippen LogP contribution >= 0.6 is 0 Å². The first-order valence-electron chi connectivity index (χ1n) is 10.7. The van der Waals surface area contributed by atoms with E-state index in [0.29, 0.717) is 25.2 Å². The van der Waals surface area contributed by atoms with Crippen LogP contribution in [0.15, 0.2) is 36.5 Å². The molecule has 1 saturated heterocycles. The van der Waals surface area contributed by atoms with Crippen molar-refractivity contribution in [2.75, 3.05) is 38.2 Å². The summed E-state index contributed by atoms with van der Waals surface area (Å²) in [5.41, 5.74) is 3.71. The van der Waals surface area contributed by atoms with Gasteiger partial charge >= 0.3 is 5.97 Å². The monoisotopic (exact) mass is 422 g/mol. The van der Waals surface area contributed by atoms with Gasteiger partial charge in [-0.1, -0.05) is 6.07 Å². The van der Waals surface area contributed by atoms with Gasteiger partial charge in [-0.05, 0) is 62.1 Å². The molecule has 7 heteroatoms. The van der Waals surface area contributed by atoms with Gasteiger partial charge in [0, 0.05) is 37.6 Å². The SMILES string of the molecule is COC(=O)c1cccn1C1CCN(CC(=O)N(CCC#N)c2ccc(C)c(C)c2)CC1. The standard InChI is InChI=1S/C24H30N4O3/c1-18-7-8-21(16-19(18)2)28(13-5-11-25)23(29)17-26-14-9-20(10-15-26)27-12-4-6-22(27)24(30)31-3/h4,6-8,12,16,20H,5,9-10,13-15,17H2,1-3H3. The second-order valence-electron chi connectivity index (χ2n) is 8.02. The van der Waals surface area contributed by atoms with Gasteiger partial charge in [0.25, 0.3) is 0 Å². The minimum absolute atomic E-state index is 0.00756. The summed E-state index contributed by atoms with van der Waals surface area (Å²) in [5, 5.41) is 9.03. The Balaban J connectivity index is 1.63. The Kier molecular flexibility index (Phi) is 7.48. The minimum atomic E-state index is -0.330. The number of esters is 1. The van der Waals surface area contributed by atoms with Crippen molar-refractivity contribution in [1.82, 2.24) is 9.47 Å². The van der Waals surface area contributed by atoms with E-state index in [-0.39, 0.29) is 17.9 Å². The molecule has 0 radical (unpaired) electrons. The number of carbonyl (C=O) groups excluding carboxylic acids is 2. The van der Waals surface area contributed by atoms with Crippen LogP contribution in [-0.2, 0) is 9.53 Å². The van der Waals surface area contributed by atoms with Crippen LogP contribution in [0.5, 0.6) is 0 Å². The Morgan fingerprint density at radius 1 is 1.19 bits per heavy atom. The molecular formula is C24H30N4O3. The Morgan fingerprint density at radius 3 is 2.58 bits per heavy atom. The lowest BCUT2D eigenvalue weighted by Gasteiger charge is -2.34. The maximum absolute atomic E-state index is 13.1. The number of amides is 1. The lowest BCUT2D eigenvalue weighted by atomic mass is 10.0. The summed E-state index contributed by atoms with van der Waals surface area (Å²) in [5.74, 6) is -0.322. The first-order chi connectivity index (χ1) is 14.9. The summed E-state index contributed by atoms with van der Waals surface area (Å²) in [6.07, 6.45) is 3.92. The molecule has 2 heterocycles. The van der Waals surface area contributed by atoms with Gasteiger partial charge in [-0.15, -0.1) is 0 Å². The number of nitriles is 1. The van der Waals surface area contributed by atoms with Crippen molar-refractivity contribution in [3.63, 3.8) is 0 Å². The fourth-order valence-corrected chi connectivity index (χ4v) is 4.08. The van der Waals surface area contributed by atoms with Crippen LogP contribution in [0.3, 0.4) is 0 Å². The Hall–Kier alpha value is -3.11. The molecule has 1 fully saturated rings. The number of carbonyl (C=O) groups is 2. The summed E-state index contributed by atoms with van der Waals surface area (Å²) in [4.78, 5) is 29.0. The van der Waals surface area contributed by atoms with Gasteiger partial charge in [0.2, 0.25) is 5.91 Å². The largest absolute Gasteiger partial charge is 0.464 e. The van der Waals surface area contributed by atoms with Crippen LogP contribution in [-0.4, -0.2) is 54.6 Å². The van der Waals surface area contributed by atoms with Crippen LogP contribution in [0, 0.1) is 25.2 Å². The summed E-state index contributed by atoms with van der Waals surface area (Å²) in [7, 11) is 1.39. The number of rotatable bonds is 7. The highest BCUT2D eigenvalue weighted by atomic mass is 16.5. The van der Waals surface area contributed by atoms with Crippen LogP contribution in [0.1, 0.15) is 46.9 Å². The topological polar surface area (TPSA) is 78.6 Å². The minimum Gasteiger partial charge on any atom is -0.464 e. The van der Waals surface area contributed by atoms with Crippen LogP contribution in [0.4, 0.5) is 5.69 Å². The van der Waals surface area contributed by atoms with E-state index >= 15 is 0 Å². The second-order valence-corrected chi connectivity index (χ2v) is 8.02. The molecule has 0 spiro atoms. The number of benzene rings is 1. The number of likely N-dealkylation sites (tertiary alicyclic amines) is 1. The fourth-order valence-electron chi connectivity index (χ4n) is 4.08. The van der Waals surface area contributed by atoms with Crippen LogP contribution in [0.2, 0.25) is 0 Å². The normalized spacial score (nSPS) is 14.8. The number of ether oxygens (including phenoxy) is 1. The van der Waals surface area contributed by atoms with Crippen LogP contribution < -0.4 is 4.90 Å². The summed E-state index contributed by atoms with van der Waals surface area (Å²) in [6, 6.07) is 12.0. The maximum atomic E-state index is 13.1. The van der Waals surface area contributed by atoms with Crippen molar-refractivity contribution in [2.45, 2.75) is 39.2 Å². The van der Waals surface area contributed by atoms with Crippen molar-refractivity contribution in [1.29, 1.82) is 5.26 Å². The molecule has 1 amide bonds. The lowest BCUT2D eigenvalue weighted by Crippen LogP contribution is -2.44. The van der Waals surface area contributed by atoms with Crippen molar-refractivity contribution in [3.05, 3.63) is 53.3 Å². The molecule has 0 N–H and O–H groups in total. The van der Waals surface area contributed by atoms with Gasteiger partial charge in [0.05, 0.1) is 26.1 Å². The van der Waals surface area contributed by atoms with E-state index in [1.165, 1.54) is 12.7 Å². The van der Waals surface area contributed by atoms with E-state index in [0.717, 1.165) is 37.2 Å². The Morgan fingerprint density at radius 2 is 1.94 bits per heavy atom. The highest BCUT2D eigenvalue weighted by molar-refractivity contribution is 5.95. The number of anilines is 1. The maximum Gasteiger partial charge on any atom is 0.354 e. The molecular weight excluding hydrogens is 392 g/mol. The zero-order valence-electron chi connectivity index (χ0n) is 18.5. The average molecular weight is 423 g/mol. The summed E-state index contributed by atoms with van der Waals surface area (Å²) in [6.45, 7) is 6.32. The number of aryl methyl sites for hydroxylation is 2. The number of hydrogen-bond acceptors (Lipinski definition) is 5. The zero-order chi connectivity index (χ0) is 22.4. The third-order valence-electron chi connectivity index (χ3n) is 6.03. The molecule has 3 rings (SSSR count). The number of hydrogen-bond donors (Lipinski definition) is 0. The first kappa shape index (κ1) is 22.6. The summed E-state index contributed by atoms with van der Waals surface area (Å²) >= 11 is 0. The molecule has 1 aromatic heterocycles. The quantitative estimate of drug-likeness (QED) is 0.639. The second kappa shape index (κ2) is 10.3. The van der Waals surface area contributed by atoms with Gasteiger partial charge in [0.1, 0.15) is 5.69 Å². The van der Waals surface area contributed by atoms with Gasteiger partial charge < -0.3 is 14.2 Å². The summed E-state index contributed by atoms with van der Waals surface area (Å²) < 4.78 is 6.86. The molecule has 31 heavy (non-hydrogen) atoms. The molecule has 2 aromatic rings. The van der Waals surface area contributed by atoms with E-state index in [2.05, 4.69) is 11.0 Å². The van der Waals surface area contributed by atoms with E-state index in [1.807, 2.05) is 48.9 Å². The molecule has 0 bridgehead atoms. The van der Waals surface area contributed by atoms with Crippen LogP contribution in [0.25, 0.3) is 0 Å². The molecule has 1 aliphatic heterocycles. The highest BCUT2D eigenvalue weighted by Crippen LogP contribution is 2.25. The van der Waals surface area contributed by atoms with Crippen molar-refractivity contribution >= 4 is 17.6 Å². The molecule has 0 atom stereocenters. The Bertz CT molecular complexity index is 967. The number of nitrogens with zero attached hydrogens (tertiary/aromatic N) is 4. The van der Waals surface area contributed by atoms with E-state index in [9.17, 15) is 9.59 Å². The lowest BCUT2D eigenvalue weighted by molar-refractivity contribution is -0.120. The third-order valence-corrected chi connectivity index (χ3v) is 6.03.